The van der Waals surface area contributed by atoms with E-state index in [1.54, 1.807) is 29.4 Å². The summed E-state index contributed by atoms with van der Waals surface area (Å²) in [7, 11) is 1.90. The Hall–Kier alpha value is -2.70. The zero-order valence-electron chi connectivity index (χ0n) is 16.0. The van der Waals surface area contributed by atoms with Gasteiger partial charge in [-0.25, -0.2) is 0 Å². The lowest BCUT2D eigenvalue weighted by Crippen LogP contribution is -2.45. The molecule has 1 aliphatic heterocycles. The summed E-state index contributed by atoms with van der Waals surface area (Å²) in [6.45, 7) is 5.03. The second kappa shape index (κ2) is 6.48. The number of aryl methyl sites for hydroxylation is 2. The third-order valence-electron chi connectivity index (χ3n) is 6.04. The van der Waals surface area contributed by atoms with E-state index in [0.29, 0.717) is 18.7 Å². The monoisotopic (exact) mass is 367 g/mol. The lowest BCUT2D eigenvalue weighted by Gasteiger charge is -2.24. The predicted octanol–water partition coefficient (Wildman–Crippen LogP) is 1.74. The maximum absolute atomic E-state index is 13.0. The molecule has 1 saturated heterocycles. The predicted molar refractivity (Wildman–Crippen MR) is 99.9 cm³/mol. The van der Waals surface area contributed by atoms with E-state index >= 15 is 0 Å². The molecule has 0 aromatic carbocycles. The first-order valence-electron chi connectivity index (χ1n) is 9.38. The molecule has 1 N–H and O–H groups in total. The van der Waals surface area contributed by atoms with Crippen molar-refractivity contribution in [1.82, 2.24) is 25.0 Å². The fourth-order valence-electron chi connectivity index (χ4n) is 4.06. The summed E-state index contributed by atoms with van der Waals surface area (Å²) in [6.07, 6.45) is 6.14. The Balaban J connectivity index is 1.50. The van der Waals surface area contributed by atoms with Crippen LogP contribution in [0.4, 0.5) is 0 Å². The highest BCUT2D eigenvalue weighted by Crippen LogP contribution is 2.55. The summed E-state index contributed by atoms with van der Waals surface area (Å²) in [5.74, 6) is -0.195. The number of pyridine rings is 1. The average Bonchev–Trinajstić information content (AvgIpc) is 3.24. The third kappa shape index (κ3) is 3.22. The summed E-state index contributed by atoms with van der Waals surface area (Å²) in [5, 5.41) is 7.43. The quantitative estimate of drug-likeness (QED) is 0.893. The van der Waals surface area contributed by atoms with Gasteiger partial charge in [-0.2, -0.15) is 5.10 Å². The first kappa shape index (κ1) is 17.7. The Morgan fingerprint density at radius 1 is 1.33 bits per heavy atom. The molecule has 3 heterocycles. The molecule has 7 nitrogen and oxygen atoms in total. The third-order valence-corrected chi connectivity index (χ3v) is 6.04. The number of carbonyl (C=O) groups is 2. The molecule has 0 unspecified atom stereocenters. The van der Waals surface area contributed by atoms with Gasteiger partial charge in [0.05, 0.1) is 11.3 Å². The highest BCUT2D eigenvalue weighted by molar-refractivity contribution is 5.98. The molecule has 142 valence electrons. The van der Waals surface area contributed by atoms with Gasteiger partial charge in [0, 0.05) is 43.8 Å². The topological polar surface area (TPSA) is 80.1 Å². The number of nitrogens with one attached hydrogen (secondary N) is 1. The summed E-state index contributed by atoms with van der Waals surface area (Å²) < 4.78 is 1.82. The lowest BCUT2D eigenvalue weighted by atomic mass is 10.0. The van der Waals surface area contributed by atoms with Gasteiger partial charge >= 0.3 is 0 Å². The Labute approximate surface area is 158 Å². The van der Waals surface area contributed by atoms with Crippen molar-refractivity contribution in [1.29, 1.82) is 0 Å². The first-order chi connectivity index (χ1) is 12.9. The molecule has 2 amide bonds. The van der Waals surface area contributed by atoms with Crippen LogP contribution in [0.2, 0.25) is 0 Å². The molecule has 0 bridgehead atoms. The van der Waals surface area contributed by atoms with E-state index in [-0.39, 0.29) is 17.2 Å². The summed E-state index contributed by atoms with van der Waals surface area (Å²) in [5.41, 5.74) is 3.67. The van der Waals surface area contributed by atoms with Crippen LogP contribution in [0.15, 0.2) is 24.5 Å². The van der Waals surface area contributed by atoms with Crippen LogP contribution in [0.5, 0.6) is 0 Å². The maximum atomic E-state index is 13.0. The summed E-state index contributed by atoms with van der Waals surface area (Å²) >= 11 is 0. The number of likely N-dealkylation sites (tertiary alicyclic amines) is 1. The number of aromatic nitrogens is 3. The molecule has 1 saturated carbocycles. The van der Waals surface area contributed by atoms with E-state index in [2.05, 4.69) is 15.4 Å². The smallest absolute Gasteiger partial charge is 0.256 e. The number of rotatable bonds is 4. The zero-order valence-corrected chi connectivity index (χ0v) is 16.0. The SMILES string of the molecule is Cc1nn(C)c(C)c1CNC(=O)[C@@H]1CC2(CC2)CN1C(=O)c1cccnc1. The molecule has 4 rings (SSSR count). The summed E-state index contributed by atoms with van der Waals surface area (Å²) in [4.78, 5) is 31.7. The van der Waals surface area contributed by atoms with Gasteiger partial charge < -0.3 is 10.2 Å². The number of nitrogens with zero attached hydrogens (tertiary/aromatic N) is 4. The van der Waals surface area contributed by atoms with Crippen LogP contribution in [0.25, 0.3) is 0 Å². The molecule has 0 radical (unpaired) electrons. The molecular weight excluding hydrogens is 342 g/mol. The molecule has 27 heavy (non-hydrogen) atoms. The second-order valence-corrected chi connectivity index (χ2v) is 7.89. The van der Waals surface area contributed by atoms with E-state index in [0.717, 1.165) is 36.2 Å². The van der Waals surface area contributed by atoms with Crippen molar-refractivity contribution < 1.29 is 9.59 Å². The zero-order chi connectivity index (χ0) is 19.2. The van der Waals surface area contributed by atoms with Gasteiger partial charge in [-0.1, -0.05) is 0 Å². The number of amides is 2. The van der Waals surface area contributed by atoms with Crippen molar-refractivity contribution in [2.24, 2.45) is 12.5 Å². The van der Waals surface area contributed by atoms with Crippen LogP contribution in [-0.2, 0) is 18.4 Å². The van der Waals surface area contributed by atoms with Gasteiger partial charge in [0.15, 0.2) is 0 Å². The van der Waals surface area contributed by atoms with Crippen molar-refractivity contribution in [2.75, 3.05) is 6.54 Å². The van der Waals surface area contributed by atoms with Crippen molar-refractivity contribution >= 4 is 11.8 Å². The van der Waals surface area contributed by atoms with E-state index < -0.39 is 6.04 Å². The summed E-state index contributed by atoms with van der Waals surface area (Å²) in [6, 6.07) is 3.08. The van der Waals surface area contributed by atoms with Crippen LogP contribution in [0.1, 0.15) is 46.6 Å². The minimum Gasteiger partial charge on any atom is -0.350 e. The van der Waals surface area contributed by atoms with Crippen LogP contribution in [0, 0.1) is 19.3 Å². The molecule has 2 aliphatic rings. The second-order valence-electron chi connectivity index (χ2n) is 7.89. The van der Waals surface area contributed by atoms with Gasteiger partial charge in [-0.3, -0.25) is 19.3 Å². The number of hydrogen-bond acceptors (Lipinski definition) is 4. The van der Waals surface area contributed by atoms with E-state index in [4.69, 9.17) is 0 Å². The number of carbonyl (C=O) groups excluding carboxylic acids is 2. The lowest BCUT2D eigenvalue weighted by molar-refractivity contribution is -0.125. The van der Waals surface area contributed by atoms with E-state index in [1.165, 1.54) is 0 Å². The minimum absolute atomic E-state index is 0.0846. The fourth-order valence-corrected chi connectivity index (χ4v) is 4.06. The molecular formula is C20H25N5O2. The molecule has 2 fully saturated rings. The van der Waals surface area contributed by atoms with Gasteiger partial charge in [-0.15, -0.1) is 0 Å². The van der Waals surface area contributed by atoms with Crippen molar-refractivity contribution in [3.05, 3.63) is 47.0 Å². The minimum atomic E-state index is -0.419. The van der Waals surface area contributed by atoms with Gasteiger partial charge in [0.1, 0.15) is 6.04 Å². The van der Waals surface area contributed by atoms with Crippen molar-refractivity contribution in [3.8, 4) is 0 Å². The van der Waals surface area contributed by atoms with Gasteiger partial charge in [0.25, 0.3) is 5.91 Å². The number of hydrogen-bond donors (Lipinski definition) is 1. The normalized spacial score (nSPS) is 20.1. The van der Waals surface area contributed by atoms with Crippen LogP contribution < -0.4 is 5.32 Å². The average molecular weight is 367 g/mol. The molecule has 7 heteroatoms. The Bertz CT molecular complexity index is 885. The first-order valence-corrected chi connectivity index (χ1v) is 9.38. The van der Waals surface area contributed by atoms with E-state index in [1.807, 2.05) is 25.6 Å². The Kier molecular flexibility index (Phi) is 4.25. The Morgan fingerprint density at radius 2 is 2.11 bits per heavy atom. The maximum Gasteiger partial charge on any atom is 0.256 e. The van der Waals surface area contributed by atoms with Crippen LogP contribution >= 0.6 is 0 Å². The fraction of sp³-hybridized carbons (Fsp3) is 0.500. The van der Waals surface area contributed by atoms with Gasteiger partial charge in [-0.05, 0) is 50.7 Å². The highest BCUT2D eigenvalue weighted by Gasteiger charge is 2.55. The van der Waals surface area contributed by atoms with E-state index in [9.17, 15) is 9.59 Å². The molecule has 1 spiro atoms. The molecule has 1 aliphatic carbocycles. The highest BCUT2D eigenvalue weighted by atomic mass is 16.2. The largest absolute Gasteiger partial charge is 0.350 e. The van der Waals surface area contributed by atoms with Crippen molar-refractivity contribution in [2.45, 2.75) is 45.7 Å². The standard InChI is InChI=1S/C20H25N5O2/c1-13-16(14(2)24(3)23-13)11-22-18(26)17-9-20(6-7-20)12-25(17)19(27)15-5-4-8-21-10-15/h4-5,8,10,17H,6-7,9,11-12H2,1-3H3,(H,22,26)/t17-/m0/s1. The molecule has 2 aromatic rings. The van der Waals surface area contributed by atoms with Crippen LogP contribution in [-0.4, -0.2) is 44.1 Å². The molecule has 2 aromatic heterocycles. The molecule has 1 atom stereocenters. The van der Waals surface area contributed by atoms with Crippen molar-refractivity contribution in [3.63, 3.8) is 0 Å². The van der Waals surface area contributed by atoms with Gasteiger partial charge in [0.2, 0.25) is 5.91 Å². The van der Waals surface area contributed by atoms with Crippen LogP contribution in [0.3, 0.4) is 0 Å². The Morgan fingerprint density at radius 3 is 2.70 bits per heavy atom.